The van der Waals surface area contributed by atoms with Gasteiger partial charge in [-0.25, -0.2) is 4.98 Å². The van der Waals surface area contributed by atoms with Crippen molar-refractivity contribution in [2.24, 2.45) is 7.05 Å². The first-order valence-corrected chi connectivity index (χ1v) is 10.2. The van der Waals surface area contributed by atoms with Crippen LogP contribution in [-0.2, 0) is 11.8 Å². The fourth-order valence-electron chi connectivity index (χ4n) is 3.93. The number of aryl methyl sites for hydroxylation is 2. The Kier molecular flexibility index (Phi) is 4.62. The van der Waals surface area contributed by atoms with Gasteiger partial charge in [0.15, 0.2) is 12.3 Å². The minimum Gasteiger partial charge on any atom is -0.482 e. The number of rotatable bonds is 3. The van der Waals surface area contributed by atoms with Gasteiger partial charge in [-0.05, 0) is 31.2 Å². The number of nitrogens with zero attached hydrogens (tertiary/aromatic N) is 4. The summed E-state index contributed by atoms with van der Waals surface area (Å²) in [5.41, 5.74) is 4.62. The molecule has 0 spiro atoms. The van der Waals surface area contributed by atoms with Gasteiger partial charge in [-0.2, -0.15) is 5.10 Å². The first-order valence-electron chi connectivity index (χ1n) is 10.2. The second-order valence-electron chi connectivity index (χ2n) is 7.71. The minimum atomic E-state index is -0.281. The predicted octanol–water partition coefficient (Wildman–Crippen LogP) is 3.55. The Morgan fingerprint density at radius 2 is 1.88 bits per heavy atom. The molecule has 2 aromatic heterocycles. The summed E-state index contributed by atoms with van der Waals surface area (Å²) in [6, 6.07) is 16.7. The average Bonchev–Trinajstić information content (AvgIpc) is 3.10. The lowest BCUT2D eigenvalue weighted by atomic mass is 10.0. The van der Waals surface area contributed by atoms with E-state index in [0.29, 0.717) is 39.4 Å². The number of anilines is 2. The summed E-state index contributed by atoms with van der Waals surface area (Å²) in [5, 5.41) is 8.12. The van der Waals surface area contributed by atoms with Gasteiger partial charge >= 0.3 is 0 Å². The zero-order valence-electron chi connectivity index (χ0n) is 17.9. The molecule has 0 unspecified atom stereocenters. The molecule has 5 rings (SSSR count). The Hall–Kier alpha value is -4.20. The third kappa shape index (κ3) is 3.26. The van der Waals surface area contributed by atoms with E-state index < -0.39 is 0 Å². The minimum absolute atomic E-state index is 0.00670. The molecule has 0 saturated heterocycles. The van der Waals surface area contributed by atoms with Gasteiger partial charge in [0.1, 0.15) is 5.75 Å². The molecule has 0 atom stereocenters. The third-order valence-corrected chi connectivity index (χ3v) is 5.59. The van der Waals surface area contributed by atoms with Crippen molar-refractivity contribution in [3.63, 3.8) is 0 Å². The molecule has 2 amide bonds. The predicted molar refractivity (Wildman–Crippen MR) is 122 cm³/mol. The van der Waals surface area contributed by atoms with Gasteiger partial charge in [0.05, 0.1) is 28.0 Å². The lowest BCUT2D eigenvalue weighted by Crippen LogP contribution is -2.35. The van der Waals surface area contributed by atoms with Crippen LogP contribution in [0.4, 0.5) is 11.4 Å². The second-order valence-corrected chi connectivity index (χ2v) is 7.71. The standard InChI is InChI=1S/C24H21N5O3/c1-14-22-17(12-18(15-7-5-4-6-8-15)26-23(22)29(3)27-14)24(31)25-16-9-10-20-19(11-16)28(2)21(30)13-32-20/h4-12H,13H2,1-3H3,(H,25,31). The smallest absolute Gasteiger partial charge is 0.264 e. The molecule has 0 radical (unpaired) electrons. The molecule has 2 aromatic carbocycles. The van der Waals surface area contributed by atoms with Crippen molar-refractivity contribution in [2.45, 2.75) is 6.92 Å². The van der Waals surface area contributed by atoms with Crippen LogP contribution >= 0.6 is 0 Å². The fourth-order valence-corrected chi connectivity index (χ4v) is 3.93. The summed E-state index contributed by atoms with van der Waals surface area (Å²) in [7, 11) is 3.50. The Balaban J connectivity index is 1.57. The van der Waals surface area contributed by atoms with E-state index in [1.54, 1.807) is 36.0 Å². The number of likely N-dealkylation sites (N-methyl/N-ethyl adjacent to an activating group) is 1. The first-order chi connectivity index (χ1) is 15.4. The van der Waals surface area contributed by atoms with Crippen LogP contribution in [0.25, 0.3) is 22.3 Å². The van der Waals surface area contributed by atoms with Crippen LogP contribution < -0.4 is 15.0 Å². The maximum absolute atomic E-state index is 13.4. The van der Waals surface area contributed by atoms with Gasteiger partial charge in [0.25, 0.3) is 11.8 Å². The van der Waals surface area contributed by atoms with Gasteiger partial charge in [-0.1, -0.05) is 30.3 Å². The largest absolute Gasteiger partial charge is 0.482 e. The van der Waals surface area contributed by atoms with Crippen molar-refractivity contribution in [1.82, 2.24) is 14.8 Å². The van der Waals surface area contributed by atoms with E-state index in [2.05, 4.69) is 10.4 Å². The highest BCUT2D eigenvalue weighted by molar-refractivity contribution is 6.13. The Morgan fingerprint density at radius 3 is 2.66 bits per heavy atom. The summed E-state index contributed by atoms with van der Waals surface area (Å²) in [6.07, 6.45) is 0. The number of aromatic nitrogens is 3. The third-order valence-electron chi connectivity index (χ3n) is 5.59. The summed E-state index contributed by atoms with van der Waals surface area (Å²) in [4.78, 5) is 31.6. The van der Waals surface area contributed by atoms with E-state index in [-0.39, 0.29) is 18.4 Å². The summed E-state index contributed by atoms with van der Waals surface area (Å²) < 4.78 is 7.15. The van der Waals surface area contributed by atoms with Crippen molar-refractivity contribution < 1.29 is 14.3 Å². The number of amides is 2. The molecule has 0 fully saturated rings. The van der Waals surface area contributed by atoms with Crippen LogP contribution in [0.3, 0.4) is 0 Å². The number of pyridine rings is 1. The van der Waals surface area contributed by atoms with Gasteiger partial charge in [-0.3, -0.25) is 14.3 Å². The molecule has 0 aliphatic carbocycles. The molecule has 8 nitrogen and oxygen atoms in total. The van der Waals surface area contributed by atoms with Gasteiger partial charge in [-0.15, -0.1) is 0 Å². The SMILES string of the molecule is Cc1nn(C)c2nc(-c3ccccc3)cc(C(=O)Nc3ccc4c(c3)N(C)C(=O)CO4)c12. The molecule has 32 heavy (non-hydrogen) atoms. The Labute approximate surface area is 184 Å². The highest BCUT2D eigenvalue weighted by Crippen LogP contribution is 2.34. The maximum atomic E-state index is 13.4. The molecule has 0 saturated carbocycles. The maximum Gasteiger partial charge on any atom is 0.264 e. The van der Waals surface area contributed by atoms with E-state index in [1.165, 1.54) is 4.90 Å². The van der Waals surface area contributed by atoms with Gasteiger partial charge in [0.2, 0.25) is 0 Å². The molecule has 4 aromatic rings. The summed E-state index contributed by atoms with van der Waals surface area (Å²) in [5.74, 6) is 0.178. The molecule has 160 valence electrons. The average molecular weight is 427 g/mol. The normalized spacial score (nSPS) is 13.1. The summed E-state index contributed by atoms with van der Waals surface area (Å²) in [6.45, 7) is 1.87. The zero-order valence-corrected chi connectivity index (χ0v) is 17.9. The molecule has 0 bridgehead atoms. The lowest BCUT2D eigenvalue weighted by molar-refractivity contribution is -0.120. The van der Waals surface area contributed by atoms with E-state index in [9.17, 15) is 9.59 Å². The number of carbonyl (C=O) groups is 2. The number of ether oxygens (including phenoxy) is 1. The van der Waals surface area contributed by atoms with Crippen LogP contribution in [0.15, 0.2) is 54.6 Å². The first kappa shape index (κ1) is 19.7. The quantitative estimate of drug-likeness (QED) is 0.540. The van der Waals surface area contributed by atoms with E-state index in [4.69, 9.17) is 9.72 Å². The second kappa shape index (κ2) is 7.49. The van der Waals surface area contributed by atoms with Crippen LogP contribution in [0.5, 0.6) is 5.75 Å². The van der Waals surface area contributed by atoms with Crippen molar-refractivity contribution in [3.8, 4) is 17.0 Å². The fraction of sp³-hybridized carbons (Fsp3) is 0.167. The molecular weight excluding hydrogens is 406 g/mol. The molecule has 3 heterocycles. The Morgan fingerprint density at radius 1 is 1.09 bits per heavy atom. The van der Waals surface area contributed by atoms with Crippen LogP contribution in [0.2, 0.25) is 0 Å². The molecule has 1 aliphatic heterocycles. The zero-order chi connectivity index (χ0) is 22.4. The number of fused-ring (bicyclic) bond motifs is 2. The van der Waals surface area contributed by atoms with Crippen LogP contribution in [0.1, 0.15) is 16.1 Å². The molecular formula is C24H21N5O3. The molecule has 8 heteroatoms. The highest BCUT2D eigenvalue weighted by atomic mass is 16.5. The van der Waals surface area contributed by atoms with Crippen molar-refractivity contribution in [1.29, 1.82) is 0 Å². The van der Waals surface area contributed by atoms with E-state index in [1.807, 2.05) is 44.3 Å². The van der Waals surface area contributed by atoms with Crippen molar-refractivity contribution >= 4 is 34.2 Å². The van der Waals surface area contributed by atoms with Crippen LogP contribution in [-0.4, -0.2) is 40.2 Å². The number of carbonyl (C=O) groups excluding carboxylic acids is 2. The summed E-state index contributed by atoms with van der Waals surface area (Å²) >= 11 is 0. The topological polar surface area (TPSA) is 89.4 Å². The monoisotopic (exact) mass is 427 g/mol. The van der Waals surface area contributed by atoms with Crippen LogP contribution in [0, 0.1) is 6.92 Å². The van der Waals surface area contributed by atoms with E-state index in [0.717, 1.165) is 11.3 Å². The molecule has 1 aliphatic rings. The van der Waals surface area contributed by atoms with Gasteiger partial charge in [0, 0.05) is 25.3 Å². The Bertz CT molecular complexity index is 1380. The number of hydrogen-bond donors (Lipinski definition) is 1. The molecule has 1 N–H and O–H groups in total. The van der Waals surface area contributed by atoms with E-state index >= 15 is 0 Å². The lowest BCUT2D eigenvalue weighted by Gasteiger charge is -2.26. The number of benzene rings is 2. The van der Waals surface area contributed by atoms with Crippen molar-refractivity contribution in [3.05, 3.63) is 65.9 Å². The van der Waals surface area contributed by atoms with Crippen molar-refractivity contribution in [2.75, 3.05) is 23.9 Å². The van der Waals surface area contributed by atoms with Gasteiger partial charge < -0.3 is 15.0 Å². The number of nitrogens with one attached hydrogen (secondary N) is 1. The number of hydrogen-bond acceptors (Lipinski definition) is 5. The highest BCUT2D eigenvalue weighted by Gasteiger charge is 2.24.